The number of aliphatic carboxylic acids is 1. The monoisotopic (exact) mass is 272 g/mol. The molecule has 1 saturated carbocycles. The highest BCUT2D eigenvalue weighted by Crippen LogP contribution is 2.45. The molecule has 0 aromatic rings. The van der Waals surface area contributed by atoms with E-state index in [0.29, 0.717) is 38.5 Å². The van der Waals surface area contributed by atoms with Gasteiger partial charge in [0.15, 0.2) is 0 Å². The first-order valence-electron chi connectivity index (χ1n) is 6.66. The zero-order valence-electron chi connectivity index (χ0n) is 11.9. The van der Waals surface area contributed by atoms with Gasteiger partial charge < -0.3 is 20.1 Å². The molecule has 0 unspecified atom stereocenters. The summed E-state index contributed by atoms with van der Waals surface area (Å²) in [5, 5.41) is 11.8. The molecule has 1 aliphatic carbocycles. The van der Waals surface area contributed by atoms with Crippen LogP contribution in [0.3, 0.4) is 0 Å². The summed E-state index contributed by atoms with van der Waals surface area (Å²) < 4.78 is 4.98. The number of urea groups is 1. The highest BCUT2D eigenvalue weighted by Gasteiger charge is 2.50. The van der Waals surface area contributed by atoms with Crippen molar-refractivity contribution in [3.05, 3.63) is 0 Å². The van der Waals surface area contributed by atoms with E-state index in [1.807, 2.05) is 13.8 Å². The van der Waals surface area contributed by atoms with Crippen LogP contribution in [0.5, 0.6) is 0 Å². The molecule has 19 heavy (non-hydrogen) atoms. The molecule has 1 rings (SSSR count). The van der Waals surface area contributed by atoms with Gasteiger partial charge in [0, 0.05) is 26.7 Å². The predicted octanol–water partition coefficient (Wildman–Crippen LogP) is 1.17. The maximum absolute atomic E-state index is 12.0. The second kappa shape index (κ2) is 6.75. The molecule has 2 amide bonds. The zero-order chi connectivity index (χ0) is 14.5. The van der Waals surface area contributed by atoms with Crippen molar-refractivity contribution in [2.24, 2.45) is 11.3 Å². The quantitative estimate of drug-likeness (QED) is 0.695. The van der Waals surface area contributed by atoms with Crippen LogP contribution in [-0.4, -0.2) is 55.4 Å². The highest BCUT2D eigenvalue weighted by molar-refractivity contribution is 5.80. The van der Waals surface area contributed by atoms with E-state index >= 15 is 0 Å². The number of amides is 2. The number of carbonyl (C=O) groups excluding carboxylic acids is 1. The van der Waals surface area contributed by atoms with E-state index in [-0.39, 0.29) is 12.6 Å². The smallest absolute Gasteiger partial charge is 0.317 e. The Morgan fingerprint density at radius 2 is 2.05 bits per heavy atom. The second-order valence-electron chi connectivity index (χ2n) is 5.58. The van der Waals surface area contributed by atoms with Crippen molar-refractivity contribution in [1.82, 2.24) is 10.2 Å². The topological polar surface area (TPSA) is 78.9 Å². The van der Waals surface area contributed by atoms with E-state index in [2.05, 4.69) is 5.32 Å². The van der Waals surface area contributed by atoms with Crippen LogP contribution in [0.25, 0.3) is 0 Å². The van der Waals surface area contributed by atoms with Crippen molar-refractivity contribution in [3.8, 4) is 0 Å². The number of nitrogens with zero attached hydrogens (tertiary/aromatic N) is 1. The first-order chi connectivity index (χ1) is 8.91. The molecule has 0 spiro atoms. The Bertz CT molecular complexity index is 327. The van der Waals surface area contributed by atoms with Crippen LogP contribution in [0, 0.1) is 11.3 Å². The third-order valence-corrected chi connectivity index (χ3v) is 3.32. The van der Waals surface area contributed by atoms with E-state index in [0.717, 1.165) is 0 Å². The molecule has 0 aliphatic heterocycles. The van der Waals surface area contributed by atoms with Gasteiger partial charge in [-0.3, -0.25) is 4.79 Å². The van der Waals surface area contributed by atoms with Crippen LogP contribution >= 0.6 is 0 Å². The first kappa shape index (κ1) is 15.8. The molecule has 0 atom stereocenters. The molecule has 1 aliphatic rings. The van der Waals surface area contributed by atoms with Gasteiger partial charge in [0.05, 0.1) is 12.0 Å². The Morgan fingerprint density at radius 3 is 2.47 bits per heavy atom. The Labute approximate surface area is 114 Å². The van der Waals surface area contributed by atoms with E-state index in [1.54, 1.807) is 12.0 Å². The molecule has 110 valence electrons. The second-order valence-corrected chi connectivity index (χ2v) is 5.58. The minimum absolute atomic E-state index is 0.210. The lowest BCUT2D eigenvalue weighted by Crippen LogP contribution is -2.46. The van der Waals surface area contributed by atoms with Crippen LogP contribution in [0.2, 0.25) is 0 Å². The minimum Gasteiger partial charge on any atom is -0.481 e. The van der Waals surface area contributed by atoms with Gasteiger partial charge in [0.1, 0.15) is 0 Å². The number of hydrogen-bond acceptors (Lipinski definition) is 3. The summed E-state index contributed by atoms with van der Waals surface area (Å²) in [5.74, 6) is -0.461. The molecule has 0 saturated heterocycles. The van der Waals surface area contributed by atoms with E-state index in [9.17, 15) is 9.59 Å². The van der Waals surface area contributed by atoms with Gasteiger partial charge in [-0.1, -0.05) is 13.8 Å². The van der Waals surface area contributed by atoms with Crippen molar-refractivity contribution >= 4 is 12.0 Å². The summed E-state index contributed by atoms with van der Waals surface area (Å²) in [6, 6.07) is -0.210. The third-order valence-electron chi connectivity index (χ3n) is 3.32. The average molecular weight is 272 g/mol. The van der Waals surface area contributed by atoms with E-state index < -0.39 is 11.4 Å². The molecule has 6 heteroatoms. The van der Waals surface area contributed by atoms with Crippen molar-refractivity contribution in [1.29, 1.82) is 0 Å². The molecule has 6 nitrogen and oxygen atoms in total. The van der Waals surface area contributed by atoms with Gasteiger partial charge in [-0.25, -0.2) is 4.79 Å². The number of carbonyl (C=O) groups is 2. The average Bonchev–Trinajstić information content (AvgIpc) is 3.12. The summed E-state index contributed by atoms with van der Waals surface area (Å²) in [4.78, 5) is 24.8. The Balaban J connectivity index is 2.45. The van der Waals surface area contributed by atoms with Crippen LogP contribution in [0.15, 0.2) is 0 Å². The number of nitrogens with one attached hydrogen (secondary N) is 1. The summed E-state index contributed by atoms with van der Waals surface area (Å²) in [7, 11) is 1.59. The first-order valence-corrected chi connectivity index (χ1v) is 6.66. The van der Waals surface area contributed by atoms with E-state index in [1.165, 1.54) is 0 Å². The summed E-state index contributed by atoms with van der Waals surface area (Å²) in [5.41, 5.74) is -0.722. The SMILES string of the molecule is COCCN(CC(C)C)C(=O)NCC1(C(=O)O)CC1. The normalized spacial score (nSPS) is 16.2. The Kier molecular flexibility index (Phi) is 5.60. The number of rotatable bonds is 8. The molecular weight excluding hydrogens is 248 g/mol. The predicted molar refractivity (Wildman–Crippen MR) is 71.0 cm³/mol. The number of carboxylic acids is 1. The lowest BCUT2D eigenvalue weighted by atomic mass is 10.1. The number of carboxylic acid groups (broad SMARTS) is 1. The van der Waals surface area contributed by atoms with Gasteiger partial charge in [-0.05, 0) is 18.8 Å². The van der Waals surface area contributed by atoms with Gasteiger partial charge in [0.25, 0.3) is 0 Å². The lowest BCUT2D eigenvalue weighted by Gasteiger charge is -2.25. The fourth-order valence-electron chi connectivity index (χ4n) is 1.89. The fourth-order valence-corrected chi connectivity index (χ4v) is 1.89. The van der Waals surface area contributed by atoms with Crippen LogP contribution in [0.4, 0.5) is 4.79 Å². The zero-order valence-corrected chi connectivity index (χ0v) is 11.9. The number of methoxy groups -OCH3 is 1. The maximum atomic E-state index is 12.0. The van der Waals surface area contributed by atoms with Crippen molar-refractivity contribution in [2.45, 2.75) is 26.7 Å². The van der Waals surface area contributed by atoms with Crippen LogP contribution in [0.1, 0.15) is 26.7 Å². The van der Waals surface area contributed by atoms with Gasteiger partial charge in [0.2, 0.25) is 0 Å². The molecule has 1 fully saturated rings. The molecule has 2 N–H and O–H groups in total. The van der Waals surface area contributed by atoms with Crippen molar-refractivity contribution in [3.63, 3.8) is 0 Å². The fraction of sp³-hybridized carbons (Fsp3) is 0.846. The summed E-state index contributed by atoms with van der Waals surface area (Å²) >= 11 is 0. The lowest BCUT2D eigenvalue weighted by molar-refractivity contribution is -0.143. The largest absolute Gasteiger partial charge is 0.481 e. The Hall–Kier alpha value is -1.30. The van der Waals surface area contributed by atoms with Crippen molar-refractivity contribution < 1.29 is 19.4 Å². The van der Waals surface area contributed by atoms with Gasteiger partial charge in [-0.15, -0.1) is 0 Å². The molecule has 0 radical (unpaired) electrons. The molecular formula is C13H24N2O4. The van der Waals surface area contributed by atoms with E-state index in [4.69, 9.17) is 9.84 Å². The molecule has 0 bridgehead atoms. The van der Waals surface area contributed by atoms with Gasteiger partial charge >= 0.3 is 12.0 Å². The summed E-state index contributed by atoms with van der Waals surface area (Å²) in [6.45, 7) is 5.90. The standard InChI is InChI=1S/C13H24N2O4/c1-10(2)8-15(6-7-19-3)12(18)14-9-13(4-5-13)11(16)17/h10H,4-9H2,1-3H3,(H,14,18)(H,16,17). The molecule has 0 aromatic carbocycles. The van der Waals surface area contributed by atoms with Crippen LogP contribution in [-0.2, 0) is 9.53 Å². The number of hydrogen-bond donors (Lipinski definition) is 2. The van der Waals surface area contributed by atoms with Crippen molar-refractivity contribution in [2.75, 3.05) is 33.4 Å². The minimum atomic E-state index is -0.819. The van der Waals surface area contributed by atoms with Gasteiger partial charge in [-0.2, -0.15) is 0 Å². The molecule has 0 heterocycles. The summed E-state index contributed by atoms with van der Waals surface area (Å²) in [6.07, 6.45) is 1.29. The maximum Gasteiger partial charge on any atom is 0.317 e. The Morgan fingerprint density at radius 1 is 1.42 bits per heavy atom. The highest BCUT2D eigenvalue weighted by atomic mass is 16.5. The molecule has 0 aromatic heterocycles. The third kappa shape index (κ3) is 4.70. The van der Waals surface area contributed by atoms with Crippen LogP contribution < -0.4 is 5.32 Å². The number of ether oxygens (including phenoxy) is 1.